The number of anilines is 1. The quantitative estimate of drug-likeness (QED) is 0.835. The van der Waals surface area contributed by atoms with E-state index in [2.05, 4.69) is 20.7 Å². The second kappa shape index (κ2) is 6.05. The van der Waals surface area contributed by atoms with Crippen LogP contribution in [0.3, 0.4) is 0 Å². The van der Waals surface area contributed by atoms with E-state index in [1.165, 1.54) is 36.4 Å². The number of aromatic carboxylic acids is 1. The van der Waals surface area contributed by atoms with Crippen molar-refractivity contribution in [1.82, 2.24) is 0 Å². The maximum Gasteiger partial charge on any atom is 0.337 e. The normalized spacial score (nSPS) is 11.1. The highest BCUT2D eigenvalue weighted by Crippen LogP contribution is 2.27. The van der Waals surface area contributed by atoms with E-state index in [-0.39, 0.29) is 16.1 Å². The Bertz CT molecular complexity index is 808. The monoisotopic (exact) mass is 389 g/mol. The van der Waals surface area contributed by atoms with Crippen LogP contribution in [-0.4, -0.2) is 19.5 Å². The third-order valence-corrected chi connectivity index (χ3v) is 5.18. The SMILES string of the molecule is O=C(O)c1ccccc1NS(=O)(=O)c1ccc(Cl)c(Br)c1. The topological polar surface area (TPSA) is 83.5 Å². The van der Waals surface area contributed by atoms with Crippen LogP contribution in [0.5, 0.6) is 0 Å². The van der Waals surface area contributed by atoms with Crippen molar-refractivity contribution in [1.29, 1.82) is 0 Å². The molecule has 0 unspecified atom stereocenters. The number of rotatable bonds is 4. The van der Waals surface area contributed by atoms with Gasteiger partial charge >= 0.3 is 5.97 Å². The first-order chi connectivity index (χ1) is 9.81. The van der Waals surface area contributed by atoms with Crippen molar-refractivity contribution in [2.75, 3.05) is 4.72 Å². The number of para-hydroxylation sites is 1. The molecule has 21 heavy (non-hydrogen) atoms. The number of hydrogen-bond acceptors (Lipinski definition) is 3. The van der Waals surface area contributed by atoms with Crippen LogP contribution in [0.4, 0.5) is 5.69 Å². The van der Waals surface area contributed by atoms with E-state index in [4.69, 9.17) is 16.7 Å². The van der Waals surface area contributed by atoms with Gasteiger partial charge in [-0.25, -0.2) is 13.2 Å². The fourth-order valence-corrected chi connectivity index (χ4v) is 3.36. The molecule has 0 saturated carbocycles. The molecule has 2 N–H and O–H groups in total. The summed E-state index contributed by atoms with van der Waals surface area (Å²) < 4.78 is 27.2. The Morgan fingerprint density at radius 2 is 1.86 bits per heavy atom. The molecule has 0 spiro atoms. The Morgan fingerprint density at radius 3 is 2.48 bits per heavy atom. The van der Waals surface area contributed by atoms with Crippen molar-refractivity contribution >= 4 is 49.2 Å². The molecule has 8 heteroatoms. The number of carboxylic acid groups (broad SMARTS) is 1. The van der Waals surface area contributed by atoms with Crippen LogP contribution in [0.15, 0.2) is 51.8 Å². The number of sulfonamides is 1. The van der Waals surface area contributed by atoms with Gasteiger partial charge < -0.3 is 5.11 Å². The maximum atomic E-state index is 12.3. The van der Waals surface area contributed by atoms with Crippen molar-refractivity contribution < 1.29 is 18.3 Å². The van der Waals surface area contributed by atoms with Gasteiger partial charge in [-0.05, 0) is 46.3 Å². The first-order valence-corrected chi connectivity index (χ1v) is 8.27. The fourth-order valence-electron chi connectivity index (χ4n) is 1.61. The van der Waals surface area contributed by atoms with Gasteiger partial charge in [-0.2, -0.15) is 0 Å². The van der Waals surface area contributed by atoms with Crippen LogP contribution in [0.1, 0.15) is 10.4 Å². The minimum Gasteiger partial charge on any atom is -0.478 e. The molecule has 2 aromatic rings. The lowest BCUT2D eigenvalue weighted by molar-refractivity contribution is 0.0698. The second-order valence-electron chi connectivity index (χ2n) is 4.03. The van der Waals surface area contributed by atoms with Gasteiger partial charge in [0.25, 0.3) is 10.0 Å². The zero-order valence-electron chi connectivity index (χ0n) is 10.4. The van der Waals surface area contributed by atoms with E-state index in [9.17, 15) is 13.2 Å². The van der Waals surface area contributed by atoms with Crippen LogP contribution in [0, 0.1) is 0 Å². The molecule has 2 aromatic carbocycles. The molecular formula is C13H9BrClNO4S. The molecule has 0 aliphatic rings. The van der Waals surface area contributed by atoms with Gasteiger partial charge in [0.15, 0.2) is 0 Å². The van der Waals surface area contributed by atoms with E-state index in [1.807, 2.05) is 0 Å². The van der Waals surface area contributed by atoms with Gasteiger partial charge in [0.2, 0.25) is 0 Å². The molecule has 5 nitrogen and oxygen atoms in total. The minimum atomic E-state index is -3.91. The highest BCUT2D eigenvalue weighted by molar-refractivity contribution is 9.10. The molecule has 0 aromatic heterocycles. The summed E-state index contributed by atoms with van der Waals surface area (Å²) in [5.74, 6) is -1.22. The molecule has 0 radical (unpaired) electrons. The third-order valence-electron chi connectivity index (χ3n) is 2.60. The molecule has 0 saturated heterocycles. The standard InChI is InChI=1S/C13H9BrClNO4S/c14-10-7-8(5-6-11(10)15)21(19,20)16-12-4-2-1-3-9(12)13(17)18/h1-7,16H,(H,17,18). The lowest BCUT2D eigenvalue weighted by atomic mass is 10.2. The highest BCUT2D eigenvalue weighted by Gasteiger charge is 2.18. The van der Waals surface area contributed by atoms with Crippen molar-refractivity contribution in [3.8, 4) is 0 Å². The summed E-state index contributed by atoms with van der Waals surface area (Å²) in [5, 5.41) is 9.43. The summed E-state index contributed by atoms with van der Waals surface area (Å²) in [7, 11) is -3.91. The van der Waals surface area contributed by atoms with E-state index >= 15 is 0 Å². The Labute approximate surface area is 134 Å². The summed E-state index contributed by atoms with van der Waals surface area (Å²) in [5.41, 5.74) is -0.134. The van der Waals surface area contributed by atoms with Crippen molar-refractivity contribution in [3.63, 3.8) is 0 Å². The van der Waals surface area contributed by atoms with Crippen molar-refractivity contribution in [2.24, 2.45) is 0 Å². The van der Waals surface area contributed by atoms with Crippen LogP contribution < -0.4 is 4.72 Å². The predicted octanol–water partition coefficient (Wildman–Crippen LogP) is 3.60. The van der Waals surface area contributed by atoms with Crippen molar-refractivity contribution in [2.45, 2.75) is 4.90 Å². The molecule has 2 rings (SSSR count). The van der Waals surface area contributed by atoms with Gasteiger partial charge in [-0.3, -0.25) is 4.72 Å². The first-order valence-electron chi connectivity index (χ1n) is 5.61. The minimum absolute atomic E-state index is 0.00364. The Kier molecular flexibility index (Phi) is 4.55. The smallest absolute Gasteiger partial charge is 0.337 e. The first kappa shape index (κ1) is 15.8. The molecule has 0 bridgehead atoms. The number of nitrogens with one attached hydrogen (secondary N) is 1. The largest absolute Gasteiger partial charge is 0.478 e. The molecule has 0 atom stereocenters. The van der Waals surface area contributed by atoms with Crippen molar-refractivity contribution in [3.05, 3.63) is 57.5 Å². The lowest BCUT2D eigenvalue weighted by Crippen LogP contribution is -2.15. The second-order valence-corrected chi connectivity index (χ2v) is 6.98. The molecule has 0 amide bonds. The Hall–Kier alpha value is -1.57. The predicted molar refractivity (Wildman–Crippen MR) is 83.4 cm³/mol. The van der Waals surface area contributed by atoms with Crippen LogP contribution in [0.2, 0.25) is 5.02 Å². The zero-order valence-corrected chi connectivity index (χ0v) is 13.5. The number of hydrogen-bond donors (Lipinski definition) is 2. The summed E-state index contributed by atoms with van der Waals surface area (Å²) in [4.78, 5) is 11.1. The van der Waals surface area contributed by atoms with Gasteiger partial charge in [0, 0.05) is 4.47 Å². The van der Waals surface area contributed by atoms with E-state index in [1.54, 1.807) is 6.07 Å². The Morgan fingerprint density at radius 1 is 1.19 bits per heavy atom. The van der Waals surface area contributed by atoms with Crippen LogP contribution >= 0.6 is 27.5 Å². The molecule has 0 heterocycles. The van der Waals surface area contributed by atoms with Gasteiger partial charge in [-0.1, -0.05) is 23.7 Å². The summed E-state index contributed by atoms with van der Waals surface area (Å²) in [6.07, 6.45) is 0. The number of benzene rings is 2. The number of halogens is 2. The molecule has 0 aliphatic carbocycles. The van der Waals surface area contributed by atoms with Gasteiger partial charge in [-0.15, -0.1) is 0 Å². The average molecular weight is 391 g/mol. The van der Waals surface area contributed by atoms with Crippen LogP contribution in [-0.2, 0) is 10.0 Å². The zero-order chi connectivity index (χ0) is 15.6. The van der Waals surface area contributed by atoms with Crippen LogP contribution in [0.25, 0.3) is 0 Å². The van der Waals surface area contributed by atoms with Gasteiger partial charge in [0.1, 0.15) is 0 Å². The lowest BCUT2D eigenvalue weighted by Gasteiger charge is -2.11. The van der Waals surface area contributed by atoms with Gasteiger partial charge in [0.05, 0.1) is 21.2 Å². The summed E-state index contributed by atoms with van der Waals surface area (Å²) in [6, 6.07) is 9.86. The third kappa shape index (κ3) is 3.55. The molecular weight excluding hydrogens is 382 g/mol. The highest BCUT2D eigenvalue weighted by atomic mass is 79.9. The summed E-state index contributed by atoms with van der Waals surface area (Å²) >= 11 is 8.96. The fraction of sp³-hybridized carbons (Fsp3) is 0. The Balaban J connectivity index is 2.42. The summed E-state index contributed by atoms with van der Waals surface area (Å²) in [6.45, 7) is 0. The van der Waals surface area contributed by atoms with E-state index < -0.39 is 16.0 Å². The number of carboxylic acids is 1. The average Bonchev–Trinajstić information content (AvgIpc) is 2.41. The van der Waals surface area contributed by atoms with E-state index in [0.29, 0.717) is 9.50 Å². The van der Waals surface area contributed by atoms with E-state index in [0.717, 1.165) is 0 Å². The number of carbonyl (C=O) groups is 1. The molecule has 0 aliphatic heterocycles. The molecule has 0 fully saturated rings. The maximum absolute atomic E-state index is 12.3. The molecule has 110 valence electrons.